The number of hydrogen-bond donors (Lipinski definition) is 3. The van der Waals surface area contributed by atoms with Gasteiger partial charge in [0.05, 0.1) is 6.20 Å². The Bertz CT molecular complexity index is 1150. The Kier molecular flexibility index (Phi) is 5.59. The molecule has 1 aliphatic heterocycles. The van der Waals surface area contributed by atoms with Crippen LogP contribution in [0.25, 0.3) is 22.2 Å². The van der Waals surface area contributed by atoms with Gasteiger partial charge in [-0.1, -0.05) is 29.5 Å². The average molecular weight is 434 g/mol. The van der Waals surface area contributed by atoms with Gasteiger partial charge in [-0.2, -0.15) is 0 Å². The summed E-state index contributed by atoms with van der Waals surface area (Å²) >= 11 is 1.45. The molecule has 3 N–H and O–H groups in total. The number of thiazole rings is 1. The summed E-state index contributed by atoms with van der Waals surface area (Å²) in [5.74, 6) is 2.57. The number of rotatable bonds is 6. The Morgan fingerprint density at radius 1 is 1.10 bits per heavy atom. The third-order valence-corrected chi connectivity index (χ3v) is 5.92. The number of hydrogen-bond acceptors (Lipinski definition) is 9. The summed E-state index contributed by atoms with van der Waals surface area (Å²) in [7, 11) is 0. The maximum absolute atomic E-state index is 5.83. The lowest BCUT2D eigenvalue weighted by Gasteiger charge is -2.24. The minimum atomic E-state index is 0.402. The lowest BCUT2D eigenvalue weighted by atomic mass is 10.1. The normalized spacial score (nSPS) is 16.2. The van der Waals surface area contributed by atoms with E-state index in [0.29, 0.717) is 17.8 Å². The summed E-state index contributed by atoms with van der Waals surface area (Å²) in [6.07, 6.45) is 4.06. The lowest BCUT2D eigenvalue weighted by Crippen LogP contribution is -2.38. The van der Waals surface area contributed by atoms with Gasteiger partial charge in [0, 0.05) is 18.2 Å². The predicted octanol–water partition coefficient (Wildman–Crippen LogP) is 4.47. The molecule has 5 rings (SSSR count). The molecule has 31 heavy (non-hydrogen) atoms. The first-order valence-corrected chi connectivity index (χ1v) is 11.1. The van der Waals surface area contributed by atoms with Crippen LogP contribution in [0.4, 0.5) is 16.8 Å². The molecule has 9 heteroatoms. The highest BCUT2D eigenvalue weighted by molar-refractivity contribution is 7.18. The molecular weight excluding hydrogens is 410 g/mol. The predicted molar refractivity (Wildman–Crippen MR) is 123 cm³/mol. The molecule has 8 nitrogen and oxygen atoms in total. The van der Waals surface area contributed by atoms with Crippen molar-refractivity contribution < 1.29 is 4.42 Å². The second kappa shape index (κ2) is 8.83. The van der Waals surface area contributed by atoms with E-state index in [1.807, 2.05) is 36.4 Å². The number of nitrogens with zero attached hydrogens (tertiary/aromatic N) is 4. The Labute approximate surface area is 184 Å². The maximum atomic E-state index is 5.83. The highest BCUT2D eigenvalue weighted by Gasteiger charge is 2.15. The van der Waals surface area contributed by atoms with Crippen LogP contribution in [0.15, 0.2) is 53.1 Å². The molecule has 1 atom stereocenters. The molecular formula is C22H23N7OS. The van der Waals surface area contributed by atoms with Crippen molar-refractivity contribution in [1.29, 1.82) is 0 Å². The monoisotopic (exact) mass is 433 g/mol. The summed E-state index contributed by atoms with van der Waals surface area (Å²) in [5, 5.41) is 19.3. The molecule has 0 unspecified atom stereocenters. The van der Waals surface area contributed by atoms with Gasteiger partial charge in [-0.05, 0) is 56.1 Å². The third kappa shape index (κ3) is 4.73. The first kappa shape index (κ1) is 19.7. The molecule has 0 spiro atoms. The van der Waals surface area contributed by atoms with Crippen LogP contribution in [-0.4, -0.2) is 39.3 Å². The average Bonchev–Trinajstić information content (AvgIpc) is 3.44. The Morgan fingerprint density at radius 3 is 2.77 bits per heavy atom. The second-order valence-electron chi connectivity index (χ2n) is 7.54. The van der Waals surface area contributed by atoms with Crippen molar-refractivity contribution in [1.82, 2.24) is 25.5 Å². The smallest absolute Gasteiger partial charge is 0.259 e. The van der Waals surface area contributed by atoms with Crippen molar-refractivity contribution in [2.45, 2.75) is 25.8 Å². The fraction of sp³-hybridized carbons (Fsp3) is 0.273. The molecule has 4 heterocycles. The first-order chi connectivity index (χ1) is 15.2. The number of aryl methyl sites for hydroxylation is 1. The number of anilines is 3. The summed E-state index contributed by atoms with van der Waals surface area (Å²) in [6.45, 7) is 4.11. The zero-order valence-corrected chi connectivity index (χ0v) is 17.9. The third-order valence-electron chi connectivity index (χ3n) is 5.02. The van der Waals surface area contributed by atoms with Gasteiger partial charge < -0.3 is 20.4 Å². The van der Waals surface area contributed by atoms with Crippen LogP contribution in [0.5, 0.6) is 0 Å². The van der Waals surface area contributed by atoms with Gasteiger partial charge in [-0.25, -0.2) is 9.97 Å². The van der Waals surface area contributed by atoms with E-state index in [0.717, 1.165) is 52.3 Å². The number of pyridine rings is 1. The molecule has 158 valence electrons. The van der Waals surface area contributed by atoms with Crippen LogP contribution in [0.1, 0.15) is 18.4 Å². The van der Waals surface area contributed by atoms with E-state index >= 15 is 0 Å². The van der Waals surface area contributed by atoms with E-state index in [2.05, 4.69) is 44.1 Å². The molecule has 1 aliphatic rings. The Balaban J connectivity index is 1.30. The van der Waals surface area contributed by atoms with Gasteiger partial charge in [0.1, 0.15) is 16.5 Å². The van der Waals surface area contributed by atoms with Crippen molar-refractivity contribution in [2.24, 2.45) is 0 Å². The molecule has 0 saturated carbocycles. The van der Waals surface area contributed by atoms with Gasteiger partial charge >= 0.3 is 0 Å². The summed E-state index contributed by atoms with van der Waals surface area (Å²) in [6, 6.07) is 14.2. The van der Waals surface area contributed by atoms with Crippen molar-refractivity contribution >= 4 is 28.1 Å². The number of piperidine rings is 1. The summed E-state index contributed by atoms with van der Waals surface area (Å²) < 4.78 is 5.83. The molecule has 1 aromatic carbocycles. The van der Waals surface area contributed by atoms with E-state index in [1.54, 1.807) is 6.20 Å². The van der Waals surface area contributed by atoms with Gasteiger partial charge in [0.25, 0.3) is 5.89 Å². The highest BCUT2D eigenvalue weighted by atomic mass is 32.1. The van der Waals surface area contributed by atoms with Crippen LogP contribution in [-0.2, 0) is 0 Å². The van der Waals surface area contributed by atoms with Gasteiger partial charge in [0.2, 0.25) is 5.89 Å². The van der Waals surface area contributed by atoms with E-state index in [1.165, 1.54) is 17.8 Å². The maximum Gasteiger partial charge on any atom is 0.259 e. The molecule has 0 radical (unpaired) electrons. The lowest BCUT2D eigenvalue weighted by molar-refractivity contribution is 0.479. The van der Waals surface area contributed by atoms with Crippen LogP contribution < -0.4 is 16.0 Å². The van der Waals surface area contributed by atoms with E-state index in [4.69, 9.17) is 9.40 Å². The standard InChI is InChI=1S/C22H23N7OS/c1-14-10-18(25-16-8-5-9-23-12-16)26-19(11-14)27-22-24-13-17(31-22)21-29-28-20(30-21)15-6-3-2-4-7-15/h2-4,6-7,10-11,13,16,23H,5,8-9,12H2,1H3,(H2,24,25,26,27)/t16-/m0/s1. The molecule has 4 aromatic rings. The van der Waals surface area contributed by atoms with Crippen LogP contribution in [0.2, 0.25) is 0 Å². The minimum Gasteiger partial charge on any atom is -0.415 e. The van der Waals surface area contributed by atoms with Crippen molar-refractivity contribution in [2.75, 3.05) is 23.7 Å². The minimum absolute atomic E-state index is 0.402. The Hall–Kier alpha value is -3.30. The van der Waals surface area contributed by atoms with Gasteiger partial charge in [0.15, 0.2) is 5.13 Å². The largest absolute Gasteiger partial charge is 0.415 e. The van der Waals surface area contributed by atoms with E-state index in [-0.39, 0.29) is 0 Å². The fourth-order valence-corrected chi connectivity index (χ4v) is 4.29. The molecule has 0 amide bonds. The van der Waals surface area contributed by atoms with E-state index in [9.17, 15) is 0 Å². The highest BCUT2D eigenvalue weighted by Crippen LogP contribution is 2.31. The zero-order chi connectivity index (χ0) is 21.0. The molecule has 0 bridgehead atoms. The number of aromatic nitrogens is 4. The van der Waals surface area contributed by atoms with Crippen molar-refractivity contribution in [3.63, 3.8) is 0 Å². The van der Waals surface area contributed by atoms with Gasteiger partial charge in [-0.15, -0.1) is 10.2 Å². The van der Waals surface area contributed by atoms with E-state index < -0.39 is 0 Å². The zero-order valence-electron chi connectivity index (χ0n) is 17.1. The second-order valence-corrected chi connectivity index (χ2v) is 8.57. The molecule has 0 aliphatic carbocycles. The molecule has 1 fully saturated rings. The SMILES string of the molecule is Cc1cc(Nc2ncc(-c3nnc(-c4ccccc4)o3)s2)nc(N[C@H]2CCCNC2)c1. The topological polar surface area (TPSA) is 101 Å². The van der Waals surface area contributed by atoms with Crippen LogP contribution >= 0.6 is 11.3 Å². The number of nitrogens with one attached hydrogen (secondary N) is 3. The van der Waals surface area contributed by atoms with Gasteiger partial charge in [-0.3, -0.25) is 0 Å². The van der Waals surface area contributed by atoms with Crippen molar-refractivity contribution in [3.05, 3.63) is 54.2 Å². The quantitative estimate of drug-likeness (QED) is 0.409. The summed E-state index contributed by atoms with van der Waals surface area (Å²) in [4.78, 5) is 9.97. The number of benzene rings is 1. The van der Waals surface area contributed by atoms with Crippen LogP contribution in [0, 0.1) is 6.92 Å². The molecule has 1 saturated heterocycles. The van der Waals surface area contributed by atoms with Crippen LogP contribution in [0.3, 0.4) is 0 Å². The van der Waals surface area contributed by atoms with Crippen molar-refractivity contribution in [3.8, 4) is 22.2 Å². The molecule has 3 aromatic heterocycles. The summed E-state index contributed by atoms with van der Waals surface area (Å²) in [5.41, 5.74) is 2.02. The Morgan fingerprint density at radius 2 is 1.94 bits per heavy atom. The fourth-order valence-electron chi connectivity index (χ4n) is 3.55. The first-order valence-electron chi connectivity index (χ1n) is 10.3.